The van der Waals surface area contributed by atoms with Gasteiger partial charge in [0.1, 0.15) is 0 Å². The van der Waals surface area contributed by atoms with E-state index in [4.69, 9.17) is 0 Å². The molecular formula is C8H11N5. The van der Waals surface area contributed by atoms with Gasteiger partial charge < -0.3 is 10.3 Å². The van der Waals surface area contributed by atoms with E-state index in [1.165, 1.54) is 0 Å². The van der Waals surface area contributed by atoms with E-state index < -0.39 is 0 Å². The van der Waals surface area contributed by atoms with Crippen LogP contribution in [0.5, 0.6) is 0 Å². The fourth-order valence-corrected chi connectivity index (χ4v) is 1.18. The van der Waals surface area contributed by atoms with Gasteiger partial charge in [0.15, 0.2) is 0 Å². The first-order valence-electron chi connectivity index (χ1n) is 4.02. The van der Waals surface area contributed by atoms with Crippen LogP contribution in [0.1, 0.15) is 5.69 Å². The maximum atomic E-state index is 4.20. The molecule has 0 aliphatic rings. The van der Waals surface area contributed by atoms with E-state index in [1.54, 1.807) is 17.1 Å². The zero-order valence-corrected chi connectivity index (χ0v) is 7.57. The predicted molar refractivity (Wildman–Crippen MR) is 49.8 cm³/mol. The van der Waals surface area contributed by atoms with Crippen molar-refractivity contribution in [2.24, 2.45) is 7.05 Å². The Balaban J connectivity index is 2.23. The van der Waals surface area contributed by atoms with E-state index in [-0.39, 0.29) is 0 Å². The van der Waals surface area contributed by atoms with Crippen LogP contribution in [-0.2, 0) is 7.05 Å². The number of aromatic amines is 1. The number of aryl methyl sites for hydroxylation is 2. The Labute approximate surface area is 75.8 Å². The average molecular weight is 177 g/mol. The van der Waals surface area contributed by atoms with E-state index in [0.29, 0.717) is 0 Å². The Bertz CT molecular complexity index is 387. The van der Waals surface area contributed by atoms with E-state index >= 15 is 0 Å². The molecule has 0 saturated carbocycles. The number of anilines is 2. The highest BCUT2D eigenvalue weighted by Crippen LogP contribution is 2.15. The molecule has 5 heteroatoms. The number of H-pyrrole nitrogens is 1. The van der Waals surface area contributed by atoms with Crippen molar-refractivity contribution in [3.8, 4) is 0 Å². The third kappa shape index (κ3) is 1.53. The van der Waals surface area contributed by atoms with E-state index in [2.05, 4.69) is 20.4 Å². The Kier molecular flexibility index (Phi) is 1.77. The molecule has 0 unspecified atom stereocenters. The van der Waals surface area contributed by atoms with Crippen LogP contribution in [0.25, 0.3) is 0 Å². The second kappa shape index (κ2) is 2.93. The molecule has 0 aliphatic carbocycles. The lowest BCUT2D eigenvalue weighted by Crippen LogP contribution is -1.91. The van der Waals surface area contributed by atoms with Gasteiger partial charge in [-0.1, -0.05) is 0 Å². The highest BCUT2D eigenvalue weighted by Gasteiger charge is 2.03. The first-order chi connectivity index (χ1) is 6.25. The van der Waals surface area contributed by atoms with Crippen LogP contribution in [0.2, 0.25) is 0 Å². The summed E-state index contributed by atoms with van der Waals surface area (Å²) in [6.07, 6.45) is 5.39. The summed E-state index contributed by atoms with van der Waals surface area (Å²) in [6, 6.07) is 0. The van der Waals surface area contributed by atoms with Crippen LogP contribution in [0.4, 0.5) is 11.6 Å². The summed E-state index contributed by atoms with van der Waals surface area (Å²) < 4.78 is 1.76. The molecule has 0 radical (unpaired) electrons. The molecular weight excluding hydrogens is 166 g/mol. The summed E-state index contributed by atoms with van der Waals surface area (Å²) in [4.78, 5) is 7.02. The smallest absolute Gasteiger partial charge is 0.204 e. The van der Waals surface area contributed by atoms with Crippen molar-refractivity contribution in [3.63, 3.8) is 0 Å². The lowest BCUT2D eigenvalue weighted by Gasteiger charge is -1.98. The zero-order chi connectivity index (χ0) is 9.26. The lowest BCUT2D eigenvalue weighted by atomic mass is 10.4. The fraction of sp³-hybridized carbons (Fsp3) is 0.250. The summed E-state index contributed by atoms with van der Waals surface area (Å²) in [5.74, 6) is 0.733. The minimum Gasteiger partial charge on any atom is -0.331 e. The van der Waals surface area contributed by atoms with Crippen molar-refractivity contribution in [2.75, 3.05) is 5.32 Å². The van der Waals surface area contributed by atoms with Crippen LogP contribution in [-0.4, -0.2) is 19.7 Å². The monoisotopic (exact) mass is 177 g/mol. The van der Waals surface area contributed by atoms with Crippen molar-refractivity contribution in [1.82, 2.24) is 19.7 Å². The largest absolute Gasteiger partial charge is 0.331 e. The van der Waals surface area contributed by atoms with Crippen molar-refractivity contribution >= 4 is 11.6 Å². The summed E-state index contributed by atoms with van der Waals surface area (Å²) in [6.45, 7) is 1.95. The van der Waals surface area contributed by atoms with E-state index in [9.17, 15) is 0 Å². The molecule has 0 aromatic carbocycles. The van der Waals surface area contributed by atoms with Gasteiger partial charge in [0.2, 0.25) is 5.95 Å². The molecule has 2 aromatic heterocycles. The predicted octanol–water partition coefficient (Wildman–Crippen LogP) is 1.20. The number of nitrogens with zero attached hydrogens (tertiary/aromatic N) is 3. The number of nitrogens with one attached hydrogen (secondary N) is 2. The molecule has 0 spiro atoms. The molecule has 0 bridgehead atoms. The first-order valence-corrected chi connectivity index (χ1v) is 4.02. The average Bonchev–Trinajstić information content (AvgIpc) is 2.63. The number of rotatable bonds is 2. The molecule has 0 fully saturated rings. The highest BCUT2D eigenvalue weighted by atomic mass is 15.3. The maximum absolute atomic E-state index is 4.20. The standard InChI is InChI=1S/C8H11N5/c1-6-7(5-13(2)12-6)11-8-9-3-4-10-8/h3-5H,1-2H3,(H2,9,10,11). The second-order valence-corrected chi connectivity index (χ2v) is 2.86. The molecule has 0 aliphatic heterocycles. The fourth-order valence-electron chi connectivity index (χ4n) is 1.18. The second-order valence-electron chi connectivity index (χ2n) is 2.86. The van der Waals surface area contributed by atoms with Gasteiger partial charge in [-0.05, 0) is 6.92 Å². The SMILES string of the molecule is Cc1nn(C)cc1Nc1ncc[nH]1. The van der Waals surface area contributed by atoms with Gasteiger partial charge in [-0.2, -0.15) is 5.10 Å². The Morgan fingerprint density at radius 1 is 1.54 bits per heavy atom. The van der Waals surface area contributed by atoms with Gasteiger partial charge >= 0.3 is 0 Å². The normalized spacial score (nSPS) is 10.3. The summed E-state index contributed by atoms with van der Waals surface area (Å²) in [7, 11) is 1.89. The number of hydrogen-bond acceptors (Lipinski definition) is 3. The van der Waals surface area contributed by atoms with Gasteiger partial charge in [0, 0.05) is 25.6 Å². The van der Waals surface area contributed by atoms with Gasteiger partial charge in [-0.25, -0.2) is 4.98 Å². The molecule has 2 N–H and O–H groups in total. The molecule has 68 valence electrons. The van der Waals surface area contributed by atoms with Gasteiger partial charge in [-0.15, -0.1) is 0 Å². The molecule has 0 amide bonds. The van der Waals surface area contributed by atoms with Crippen molar-refractivity contribution in [1.29, 1.82) is 0 Å². The molecule has 0 atom stereocenters. The molecule has 0 saturated heterocycles. The number of aromatic nitrogens is 4. The molecule has 2 rings (SSSR count). The first kappa shape index (κ1) is 7.85. The Morgan fingerprint density at radius 2 is 2.38 bits per heavy atom. The minimum atomic E-state index is 0.733. The van der Waals surface area contributed by atoms with Crippen LogP contribution < -0.4 is 5.32 Å². The van der Waals surface area contributed by atoms with Crippen LogP contribution in [0.3, 0.4) is 0 Å². The topological polar surface area (TPSA) is 58.5 Å². The third-order valence-electron chi connectivity index (χ3n) is 1.76. The van der Waals surface area contributed by atoms with Gasteiger partial charge in [-0.3, -0.25) is 4.68 Å². The van der Waals surface area contributed by atoms with Crippen molar-refractivity contribution in [2.45, 2.75) is 6.92 Å². The maximum Gasteiger partial charge on any atom is 0.204 e. The van der Waals surface area contributed by atoms with Crippen molar-refractivity contribution < 1.29 is 0 Å². The van der Waals surface area contributed by atoms with E-state index in [0.717, 1.165) is 17.3 Å². The lowest BCUT2D eigenvalue weighted by molar-refractivity contribution is 0.756. The summed E-state index contributed by atoms with van der Waals surface area (Å²) in [5, 5.41) is 7.33. The quantitative estimate of drug-likeness (QED) is 0.724. The molecule has 2 heterocycles. The summed E-state index contributed by atoms with van der Waals surface area (Å²) >= 11 is 0. The molecule has 5 nitrogen and oxygen atoms in total. The molecule has 2 aromatic rings. The Hall–Kier alpha value is -1.78. The Morgan fingerprint density at radius 3 is 2.92 bits per heavy atom. The van der Waals surface area contributed by atoms with Crippen LogP contribution >= 0.6 is 0 Å². The number of imidazole rings is 1. The number of hydrogen-bond donors (Lipinski definition) is 2. The van der Waals surface area contributed by atoms with E-state index in [1.807, 2.05) is 20.2 Å². The minimum absolute atomic E-state index is 0.733. The third-order valence-corrected chi connectivity index (χ3v) is 1.76. The van der Waals surface area contributed by atoms with Crippen LogP contribution in [0, 0.1) is 6.92 Å². The van der Waals surface area contributed by atoms with Gasteiger partial charge in [0.25, 0.3) is 0 Å². The highest BCUT2D eigenvalue weighted by molar-refractivity contribution is 5.54. The molecule has 13 heavy (non-hydrogen) atoms. The van der Waals surface area contributed by atoms with Crippen molar-refractivity contribution in [3.05, 3.63) is 24.3 Å². The summed E-state index contributed by atoms with van der Waals surface area (Å²) in [5.41, 5.74) is 1.93. The van der Waals surface area contributed by atoms with Crippen LogP contribution in [0.15, 0.2) is 18.6 Å². The van der Waals surface area contributed by atoms with Gasteiger partial charge in [0.05, 0.1) is 11.4 Å². The zero-order valence-electron chi connectivity index (χ0n) is 7.57.